The number of hydrogen-bond donors (Lipinski definition) is 0. The minimum atomic E-state index is 0.240. The van der Waals surface area contributed by atoms with Crippen molar-refractivity contribution in [1.82, 2.24) is 4.90 Å². The van der Waals surface area contributed by atoms with Gasteiger partial charge in [-0.25, -0.2) is 0 Å². The van der Waals surface area contributed by atoms with Crippen LogP contribution in [0.15, 0.2) is 30.3 Å². The number of benzene rings is 1. The van der Waals surface area contributed by atoms with Crippen LogP contribution in [0.4, 0.5) is 5.69 Å². The molecular weight excluding hydrogens is 244 g/mol. The van der Waals surface area contributed by atoms with Gasteiger partial charge in [0, 0.05) is 30.6 Å². The molecule has 0 N–H and O–H groups in total. The molecule has 18 heavy (non-hydrogen) atoms. The van der Waals surface area contributed by atoms with Gasteiger partial charge < -0.3 is 4.90 Å². The molecule has 0 spiro atoms. The first kappa shape index (κ1) is 12.1. The Morgan fingerprint density at radius 2 is 2.00 bits per heavy atom. The number of nitrogens with zero attached hydrogens (tertiary/aromatic N) is 2. The molecule has 2 aliphatic rings. The van der Waals surface area contributed by atoms with Gasteiger partial charge in [0.25, 0.3) is 0 Å². The zero-order valence-corrected chi connectivity index (χ0v) is 11.2. The fourth-order valence-corrected chi connectivity index (χ4v) is 3.95. The van der Waals surface area contributed by atoms with Gasteiger partial charge in [-0.05, 0) is 24.3 Å². The van der Waals surface area contributed by atoms with Crippen LogP contribution in [0.1, 0.15) is 6.42 Å². The van der Waals surface area contributed by atoms with Gasteiger partial charge in [0.05, 0.1) is 6.54 Å². The van der Waals surface area contributed by atoms with E-state index in [0.717, 1.165) is 18.8 Å². The van der Waals surface area contributed by atoms with E-state index in [0.29, 0.717) is 12.6 Å². The summed E-state index contributed by atoms with van der Waals surface area (Å²) in [6.45, 7) is 2.41. The normalized spacial score (nSPS) is 25.7. The van der Waals surface area contributed by atoms with Crippen LogP contribution in [0, 0.1) is 0 Å². The van der Waals surface area contributed by atoms with Crippen molar-refractivity contribution >= 4 is 23.4 Å². The van der Waals surface area contributed by atoms with Crippen molar-refractivity contribution in [3.8, 4) is 0 Å². The Labute approximate surface area is 112 Å². The van der Waals surface area contributed by atoms with Crippen LogP contribution in [0.25, 0.3) is 0 Å². The highest BCUT2D eigenvalue weighted by Gasteiger charge is 2.30. The smallest absolute Gasteiger partial charge is 0.241 e. The Morgan fingerprint density at radius 3 is 2.67 bits per heavy atom. The third-order valence-corrected chi connectivity index (χ3v) is 4.88. The van der Waals surface area contributed by atoms with Crippen LogP contribution in [-0.4, -0.2) is 48.0 Å². The summed E-state index contributed by atoms with van der Waals surface area (Å²) in [5.74, 6) is 2.68. The first-order valence-electron chi connectivity index (χ1n) is 6.52. The summed E-state index contributed by atoms with van der Waals surface area (Å²) >= 11 is 2.01. The van der Waals surface area contributed by atoms with Crippen LogP contribution in [0.5, 0.6) is 0 Å². The molecule has 96 valence electrons. The summed E-state index contributed by atoms with van der Waals surface area (Å²) in [6.07, 6.45) is 1.24. The number of amides is 1. The zero-order chi connectivity index (χ0) is 12.4. The van der Waals surface area contributed by atoms with Crippen LogP contribution in [0.2, 0.25) is 0 Å². The van der Waals surface area contributed by atoms with Crippen molar-refractivity contribution in [2.24, 2.45) is 0 Å². The standard InChI is InChI=1S/C14H18N2OS/c17-14-10-15(13-6-9-18-11-13)7-8-16(14)12-4-2-1-3-5-12/h1-5,13H,6-11H2/t13-/m1/s1. The van der Waals surface area contributed by atoms with E-state index in [1.807, 2.05) is 47.0 Å². The summed E-state index contributed by atoms with van der Waals surface area (Å²) in [5, 5.41) is 0. The third kappa shape index (κ3) is 2.40. The lowest BCUT2D eigenvalue weighted by Crippen LogP contribution is -2.53. The quantitative estimate of drug-likeness (QED) is 0.812. The molecular formula is C14H18N2OS. The topological polar surface area (TPSA) is 23.6 Å². The Morgan fingerprint density at radius 1 is 1.17 bits per heavy atom. The largest absolute Gasteiger partial charge is 0.310 e. The summed E-state index contributed by atoms with van der Waals surface area (Å²) in [4.78, 5) is 16.5. The number of hydrogen-bond acceptors (Lipinski definition) is 3. The molecule has 4 heteroatoms. The lowest BCUT2D eigenvalue weighted by molar-refractivity contribution is -0.121. The molecule has 2 heterocycles. The molecule has 3 rings (SSSR count). The predicted molar refractivity (Wildman–Crippen MR) is 76.1 cm³/mol. The monoisotopic (exact) mass is 262 g/mol. The highest BCUT2D eigenvalue weighted by Crippen LogP contribution is 2.24. The summed E-state index contributed by atoms with van der Waals surface area (Å²) in [7, 11) is 0. The van der Waals surface area contributed by atoms with Crippen LogP contribution >= 0.6 is 11.8 Å². The van der Waals surface area contributed by atoms with Crippen molar-refractivity contribution < 1.29 is 4.79 Å². The van der Waals surface area contributed by atoms with E-state index in [2.05, 4.69) is 4.90 Å². The van der Waals surface area contributed by atoms with E-state index >= 15 is 0 Å². The van der Waals surface area contributed by atoms with Crippen LogP contribution < -0.4 is 4.90 Å². The maximum Gasteiger partial charge on any atom is 0.241 e. The van der Waals surface area contributed by atoms with Crippen molar-refractivity contribution in [3.05, 3.63) is 30.3 Å². The van der Waals surface area contributed by atoms with Gasteiger partial charge in [-0.15, -0.1) is 0 Å². The van der Waals surface area contributed by atoms with Gasteiger partial charge in [-0.1, -0.05) is 18.2 Å². The van der Waals surface area contributed by atoms with Crippen molar-refractivity contribution in [2.45, 2.75) is 12.5 Å². The van der Waals surface area contributed by atoms with Crippen molar-refractivity contribution in [2.75, 3.05) is 36.0 Å². The molecule has 0 aromatic heterocycles. The minimum Gasteiger partial charge on any atom is -0.310 e. The average Bonchev–Trinajstić information content (AvgIpc) is 2.93. The van der Waals surface area contributed by atoms with Gasteiger partial charge in [0.2, 0.25) is 5.91 Å². The highest BCUT2D eigenvalue weighted by atomic mass is 32.2. The molecule has 1 aromatic rings. The van der Waals surface area contributed by atoms with Crippen molar-refractivity contribution in [3.63, 3.8) is 0 Å². The van der Waals surface area contributed by atoms with Crippen molar-refractivity contribution in [1.29, 1.82) is 0 Å². The van der Waals surface area contributed by atoms with Gasteiger partial charge in [0.1, 0.15) is 0 Å². The second kappa shape index (κ2) is 5.33. The first-order chi connectivity index (χ1) is 8.84. The minimum absolute atomic E-state index is 0.240. The van der Waals surface area contributed by atoms with E-state index in [9.17, 15) is 4.79 Å². The fourth-order valence-electron chi connectivity index (χ4n) is 2.69. The second-order valence-electron chi connectivity index (χ2n) is 4.87. The molecule has 2 saturated heterocycles. The molecule has 1 aromatic carbocycles. The van der Waals surface area contributed by atoms with Gasteiger partial charge >= 0.3 is 0 Å². The zero-order valence-electron chi connectivity index (χ0n) is 10.4. The molecule has 0 aliphatic carbocycles. The SMILES string of the molecule is O=C1CN([C@@H]2CCSC2)CCN1c1ccccc1. The summed E-state index contributed by atoms with van der Waals surface area (Å²) in [6, 6.07) is 10.6. The lowest BCUT2D eigenvalue weighted by atomic mass is 10.1. The molecule has 3 nitrogen and oxygen atoms in total. The number of rotatable bonds is 2. The maximum atomic E-state index is 12.2. The maximum absolute atomic E-state index is 12.2. The Balaban J connectivity index is 1.67. The lowest BCUT2D eigenvalue weighted by Gasteiger charge is -2.37. The fraction of sp³-hybridized carbons (Fsp3) is 0.500. The Bertz CT molecular complexity index is 417. The number of anilines is 1. The molecule has 2 aliphatic heterocycles. The highest BCUT2D eigenvalue weighted by molar-refractivity contribution is 7.99. The molecule has 1 amide bonds. The Kier molecular flexibility index (Phi) is 3.57. The van der Waals surface area contributed by atoms with E-state index in [4.69, 9.17) is 0 Å². The summed E-state index contributed by atoms with van der Waals surface area (Å²) < 4.78 is 0. The van der Waals surface area contributed by atoms with E-state index in [1.165, 1.54) is 17.9 Å². The van der Waals surface area contributed by atoms with Gasteiger partial charge in [-0.3, -0.25) is 9.69 Å². The van der Waals surface area contributed by atoms with E-state index in [1.54, 1.807) is 0 Å². The third-order valence-electron chi connectivity index (χ3n) is 3.74. The number of thioether (sulfide) groups is 1. The van der Waals surface area contributed by atoms with E-state index < -0.39 is 0 Å². The average molecular weight is 262 g/mol. The van der Waals surface area contributed by atoms with Gasteiger partial charge in [-0.2, -0.15) is 11.8 Å². The number of carbonyl (C=O) groups excluding carboxylic acids is 1. The Hall–Kier alpha value is -1.00. The molecule has 0 unspecified atom stereocenters. The second-order valence-corrected chi connectivity index (χ2v) is 6.02. The molecule has 1 atom stereocenters. The summed E-state index contributed by atoms with van der Waals surface area (Å²) in [5.41, 5.74) is 1.03. The van der Waals surface area contributed by atoms with Gasteiger partial charge in [0.15, 0.2) is 0 Å². The van der Waals surface area contributed by atoms with E-state index in [-0.39, 0.29) is 5.91 Å². The first-order valence-corrected chi connectivity index (χ1v) is 7.67. The number of para-hydroxylation sites is 1. The number of carbonyl (C=O) groups is 1. The molecule has 0 bridgehead atoms. The molecule has 2 fully saturated rings. The van der Waals surface area contributed by atoms with Crippen LogP contribution in [0.3, 0.4) is 0 Å². The molecule has 0 radical (unpaired) electrons. The molecule has 0 saturated carbocycles. The predicted octanol–water partition coefficient (Wildman–Crippen LogP) is 1.84. The number of piperazine rings is 1. The van der Waals surface area contributed by atoms with Crippen LogP contribution in [-0.2, 0) is 4.79 Å².